The molecule has 0 radical (unpaired) electrons. The molecule has 8 heteroatoms. The second-order valence-corrected chi connectivity index (χ2v) is 6.28. The van der Waals surface area contributed by atoms with Crippen molar-refractivity contribution < 1.29 is 4.79 Å². The van der Waals surface area contributed by atoms with E-state index in [0.29, 0.717) is 21.5 Å². The minimum Gasteiger partial charge on any atom is -0.365 e. The van der Waals surface area contributed by atoms with Gasteiger partial charge in [0.25, 0.3) is 11.5 Å². The summed E-state index contributed by atoms with van der Waals surface area (Å²) < 4.78 is 1.04. The Morgan fingerprint density at radius 3 is 2.83 bits per heavy atom. The van der Waals surface area contributed by atoms with E-state index >= 15 is 0 Å². The molecule has 0 spiro atoms. The van der Waals surface area contributed by atoms with Gasteiger partial charge in [-0.1, -0.05) is 12.1 Å². The molecule has 0 aliphatic carbocycles. The summed E-state index contributed by atoms with van der Waals surface area (Å²) in [4.78, 5) is 39.6. The minimum absolute atomic E-state index is 0.0286. The van der Waals surface area contributed by atoms with Crippen LogP contribution in [0.15, 0.2) is 33.9 Å². The predicted molar refractivity (Wildman–Crippen MR) is 90.2 cm³/mol. The van der Waals surface area contributed by atoms with Gasteiger partial charge in [0, 0.05) is 0 Å². The van der Waals surface area contributed by atoms with Crippen molar-refractivity contribution in [1.82, 2.24) is 9.55 Å². The molecule has 1 amide bonds. The summed E-state index contributed by atoms with van der Waals surface area (Å²) in [6.45, 7) is 1.65. The minimum atomic E-state index is -0.637. The number of hydrogen-bond donors (Lipinski definition) is 2. The van der Waals surface area contributed by atoms with Gasteiger partial charge in [0.05, 0.1) is 28.4 Å². The molecule has 0 fully saturated rings. The molecule has 7 nitrogen and oxygen atoms in total. The first-order valence-electron chi connectivity index (χ1n) is 6.97. The third-order valence-electron chi connectivity index (χ3n) is 3.69. The lowest BCUT2D eigenvalue weighted by atomic mass is 10.1. The van der Waals surface area contributed by atoms with Gasteiger partial charge in [0.15, 0.2) is 0 Å². The van der Waals surface area contributed by atoms with Crippen LogP contribution in [0.25, 0.3) is 10.2 Å². The van der Waals surface area contributed by atoms with E-state index < -0.39 is 17.2 Å². The van der Waals surface area contributed by atoms with Crippen LogP contribution in [0.5, 0.6) is 0 Å². The van der Waals surface area contributed by atoms with Gasteiger partial charge in [-0.2, -0.15) is 5.26 Å². The van der Waals surface area contributed by atoms with Gasteiger partial charge in [0.2, 0.25) is 0 Å². The zero-order chi connectivity index (χ0) is 17.4. The monoisotopic (exact) mass is 340 g/mol. The van der Waals surface area contributed by atoms with Crippen molar-refractivity contribution in [2.45, 2.75) is 13.5 Å². The number of amides is 1. The van der Waals surface area contributed by atoms with Crippen molar-refractivity contribution in [3.05, 3.63) is 66.7 Å². The first-order chi connectivity index (χ1) is 11.4. The smallest absolute Gasteiger partial charge is 0.329 e. The van der Waals surface area contributed by atoms with Gasteiger partial charge < -0.3 is 5.73 Å². The topological polar surface area (TPSA) is 122 Å². The highest BCUT2D eigenvalue weighted by atomic mass is 32.1. The molecular formula is C16H12N4O3S. The number of H-pyrrole nitrogens is 1. The fraction of sp³-hybridized carbons (Fsp3) is 0.125. The summed E-state index contributed by atoms with van der Waals surface area (Å²) in [5.41, 5.74) is 5.80. The lowest BCUT2D eigenvalue weighted by Gasteiger charge is -2.05. The van der Waals surface area contributed by atoms with E-state index in [1.165, 1.54) is 0 Å². The van der Waals surface area contributed by atoms with Gasteiger partial charge in [-0.25, -0.2) is 4.79 Å². The van der Waals surface area contributed by atoms with Crippen molar-refractivity contribution in [2.24, 2.45) is 5.73 Å². The number of nitrogens with two attached hydrogens (primary N) is 1. The molecule has 24 heavy (non-hydrogen) atoms. The number of primary amides is 1. The molecule has 2 heterocycles. The SMILES string of the molecule is Cc1c(C(N)=O)sc2[nH]c(=O)n(Cc3cccc(C#N)c3)c(=O)c12. The number of nitrogens with one attached hydrogen (secondary N) is 1. The Labute approximate surface area is 139 Å². The Morgan fingerprint density at radius 2 is 2.17 bits per heavy atom. The maximum absolute atomic E-state index is 12.7. The molecular weight excluding hydrogens is 328 g/mol. The Balaban J connectivity index is 2.20. The van der Waals surface area contributed by atoms with Crippen LogP contribution in [0.1, 0.15) is 26.4 Å². The highest BCUT2D eigenvalue weighted by molar-refractivity contribution is 7.20. The van der Waals surface area contributed by atoms with Crippen molar-refractivity contribution >= 4 is 27.5 Å². The second kappa shape index (κ2) is 5.79. The maximum atomic E-state index is 12.7. The molecule has 120 valence electrons. The summed E-state index contributed by atoms with van der Waals surface area (Å²) in [5.74, 6) is -0.637. The Morgan fingerprint density at radius 1 is 1.42 bits per heavy atom. The summed E-state index contributed by atoms with van der Waals surface area (Å²) in [6, 6.07) is 8.69. The molecule has 0 aliphatic heterocycles. The number of fused-ring (bicyclic) bond motifs is 1. The van der Waals surface area contributed by atoms with Crippen LogP contribution in [0.2, 0.25) is 0 Å². The van der Waals surface area contributed by atoms with Crippen LogP contribution in [0.3, 0.4) is 0 Å². The number of thiophene rings is 1. The Hall–Kier alpha value is -3.18. The molecule has 2 aromatic heterocycles. The summed E-state index contributed by atoms with van der Waals surface area (Å²) in [5, 5.41) is 9.22. The van der Waals surface area contributed by atoms with Crippen molar-refractivity contribution in [3.63, 3.8) is 0 Å². The lowest BCUT2D eigenvalue weighted by Crippen LogP contribution is -2.35. The molecule has 0 saturated heterocycles. The first kappa shape index (κ1) is 15.7. The van der Waals surface area contributed by atoms with E-state index in [1.807, 2.05) is 6.07 Å². The molecule has 0 unspecified atom stereocenters. The fourth-order valence-corrected chi connectivity index (χ4v) is 3.59. The quantitative estimate of drug-likeness (QED) is 0.740. The summed E-state index contributed by atoms with van der Waals surface area (Å²) >= 11 is 0.995. The van der Waals surface area contributed by atoms with E-state index in [9.17, 15) is 14.4 Å². The van der Waals surface area contributed by atoms with Gasteiger partial charge in [-0.05, 0) is 30.2 Å². The highest BCUT2D eigenvalue weighted by Crippen LogP contribution is 2.25. The van der Waals surface area contributed by atoms with E-state index in [1.54, 1.807) is 31.2 Å². The van der Waals surface area contributed by atoms with Gasteiger partial charge in [0.1, 0.15) is 4.83 Å². The largest absolute Gasteiger partial charge is 0.365 e. The number of aromatic nitrogens is 2. The van der Waals surface area contributed by atoms with E-state index in [4.69, 9.17) is 11.0 Å². The van der Waals surface area contributed by atoms with Crippen LogP contribution in [0, 0.1) is 18.3 Å². The number of carbonyl (C=O) groups is 1. The number of nitrogens with zero attached hydrogens (tertiary/aromatic N) is 2. The summed E-state index contributed by atoms with van der Waals surface area (Å²) in [7, 11) is 0. The van der Waals surface area contributed by atoms with Crippen molar-refractivity contribution in [3.8, 4) is 6.07 Å². The molecule has 3 aromatic rings. The first-order valence-corrected chi connectivity index (χ1v) is 7.79. The molecule has 3 N–H and O–H groups in total. The number of rotatable bonds is 3. The number of aromatic amines is 1. The van der Waals surface area contributed by atoms with Gasteiger partial charge in [-0.3, -0.25) is 19.1 Å². The molecule has 0 saturated carbocycles. The van der Waals surface area contributed by atoms with Crippen LogP contribution < -0.4 is 17.0 Å². The second-order valence-electron chi connectivity index (χ2n) is 5.26. The number of hydrogen-bond acceptors (Lipinski definition) is 5. The number of benzene rings is 1. The zero-order valence-corrected chi connectivity index (χ0v) is 13.4. The average molecular weight is 340 g/mol. The number of aryl methyl sites for hydroxylation is 1. The molecule has 0 aliphatic rings. The van der Waals surface area contributed by atoms with Crippen LogP contribution >= 0.6 is 11.3 Å². The molecule has 0 bridgehead atoms. The predicted octanol–water partition coefficient (Wildman–Crippen LogP) is 1.08. The van der Waals surface area contributed by atoms with E-state index in [0.717, 1.165) is 15.9 Å². The molecule has 3 rings (SSSR count). The van der Waals surface area contributed by atoms with Gasteiger partial charge in [-0.15, -0.1) is 11.3 Å². The third-order valence-corrected chi connectivity index (χ3v) is 4.91. The lowest BCUT2D eigenvalue weighted by molar-refractivity contribution is 0.100. The summed E-state index contributed by atoms with van der Waals surface area (Å²) in [6.07, 6.45) is 0. The van der Waals surface area contributed by atoms with Crippen LogP contribution in [-0.2, 0) is 6.54 Å². The normalized spacial score (nSPS) is 10.7. The molecule has 1 aromatic carbocycles. The fourth-order valence-electron chi connectivity index (χ4n) is 2.55. The highest BCUT2D eigenvalue weighted by Gasteiger charge is 2.18. The van der Waals surface area contributed by atoms with E-state index in [-0.39, 0.29) is 16.8 Å². The Kier molecular flexibility index (Phi) is 3.79. The Bertz CT molecular complexity index is 1130. The maximum Gasteiger partial charge on any atom is 0.329 e. The van der Waals surface area contributed by atoms with Crippen LogP contribution in [-0.4, -0.2) is 15.5 Å². The van der Waals surface area contributed by atoms with Crippen molar-refractivity contribution in [1.29, 1.82) is 5.26 Å². The zero-order valence-electron chi connectivity index (χ0n) is 12.6. The average Bonchev–Trinajstić information content (AvgIpc) is 2.88. The standard InChI is InChI=1S/C16H12N4O3S/c1-8-11-14(24-12(8)13(18)21)19-16(23)20(15(11)22)7-10-4-2-3-9(5-10)6-17/h2-5H,7H2,1H3,(H2,18,21)(H,19,23). The van der Waals surface area contributed by atoms with Crippen molar-refractivity contribution in [2.75, 3.05) is 0 Å². The van der Waals surface area contributed by atoms with Crippen LogP contribution in [0.4, 0.5) is 0 Å². The third kappa shape index (κ3) is 2.51. The van der Waals surface area contributed by atoms with Gasteiger partial charge >= 0.3 is 5.69 Å². The molecule has 0 atom stereocenters. The van der Waals surface area contributed by atoms with E-state index in [2.05, 4.69) is 4.98 Å². The number of nitriles is 1. The number of carbonyl (C=O) groups excluding carboxylic acids is 1.